The molecule has 0 radical (unpaired) electrons. The molecule has 398 valence electrons. The van der Waals surface area contributed by atoms with Gasteiger partial charge in [0.2, 0.25) is 0 Å². The van der Waals surface area contributed by atoms with Gasteiger partial charge in [0.05, 0.1) is 24.7 Å². The van der Waals surface area contributed by atoms with Crippen molar-refractivity contribution in [2.45, 2.75) is 132 Å². The summed E-state index contributed by atoms with van der Waals surface area (Å²) >= 11 is 12.4. The van der Waals surface area contributed by atoms with Crippen molar-refractivity contribution in [1.29, 1.82) is 0 Å². The Bertz CT molecular complexity index is 1120. The van der Waals surface area contributed by atoms with Crippen LogP contribution < -0.4 is 0 Å². The Morgan fingerprint density at radius 2 is 0.862 bits per heavy atom. The van der Waals surface area contributed by atoms with Crippen molar-refractivity contribution in [3.63, 3.8) is 0 Å². The lowest BCUT2D eigenvalue weighted by molar-refractivity contribution is -0.142. The van der Waals surface area contributed by atoms with Crippen molar-refractivity contribution in [3.05, 3.63) is 3.95 Å². The zero-order valence-corrected chi connectivity index (χ0v) is 40.8. The van der Waals surface area contributed by atoms with Crippen molar-refractivity contribution in [1.82, 2.24) is 20.4 Å². The summed E-state index contributed by atoms with van der Waals surface area (Å²) in [6, 6.07) is 0. The predicted octanol–water partition coefficient (Wildman–Crippen LogP) is 18.5. The second-order valence-electron chi connectivity index (χ2n) is 11.2. The number of hydrogen-bond donors (Lipinski definition) is 1. The first-order valence-electron chi connectivity index (χ1n) is 18.1. The molecular formula is C32H57F19N4O4S6. The highest BCUT2D eigenvalue weighted by atomic mass is 32.2. The van der Waals surface area contributed by atoms with E-state index < -0.39 is 0 Å². The molecule has 0 fully saturated rings. The summed E-state index contributed by atoms with van der Waals surface area (Å²) in [5, 5.41) is 15.2. The van der Waals surface area contributed by atoms with Crippen LogP contribution in [0.15, 0.2) is 13.0 Å². The standard InChI is InChI=1S/C22H38N2O4S3.C10H18N2S3.9F2.FH/c1-5-9-11-17(7-3)13-27-19(25)15-29-21-23-24-22(31-21)30-16-20(26)28-14-18(8-4)12-10-6-2;1-3-5-6-8(4-2)7-14-10-12-11-9(13)15-10;9*1-2;/h17-18H,5-16H2,1-4H3;8H,3-7H2,1-2H3,(H,11,13);;;;;;;;;;1H. The Morgan fingerprint density at radius 3 is 1.14 bits per heavy atom. The molecule has 0 bridgehead atoms. The normalized spacial score (nSPS) is 10.0. The smallest absolute Gasteiger partial charge is 0.316 e. The van der Waals surface area contributed by atoms with Crippen LogP contribution in [-0.2, 0) is 19.1 Å². The largest absolute Gasteiger partial charge is 0.465 e. The molecule has 33 heteroatoms. The third kappa shape index (κ3) is 64.1. The molecule has 2 aromatic heterocycles. The molecule has 0 saturated carbocycles. The van der Waals surface area contributed by atoms with Gasteiger partial charge in [-0.2, -0.15) is 5.10 Å². The molecule has 1 N–H and O–H groups in total. The molecule has 0 aliphatic heterocycles. The second kappa shape index (κ2) is 82.1. The fourth-order valence-electron chi connectivity index (χ4n) is 4.22. The molecule has 65 heavy (non-hydrogen) atoms. The number of unbranched alkanes of at least 4 members (excludes halogenated alkanes) is 3. The summed E-state index contributed by atoms with van der Waals surface area (Å²) in [7, 11) is 0. The molecule has 2 aromatic rings. The van der Waals surface area contributed by atoms with Crippen molar-refractivity contribution in [2.75, 3.05) is 30.5 Å². The van der Waals surface area contributed by atoms with Crippen LogP contribution in [0.5, 0.6) is 0 Å². The van der Waals surface area contributed by atoms with E-state index in [0.29, 0.717) is 33.7 Å². The SMILES string of the molecule is CCCCC(CC)COC(=O)CSc1nnc(SCC(=O)OCC(CC)CCCC)s1.CCCCC(CC)CSc1n[nH]c(=S)s1.F.FF.FF.FF.FF.FF.FF.FF.FF.FF. The number of nitrogens with zero attached hydrogens (tertiary/aromatic N) is 3. The van der Waals surface area contributed by atoms with Crippen molar-refractivity contribution >= 4 is 82.1 Å². The number of aromatic amines is 1. The summed E-state index contributed by atoms with van der Waals surface area (Å²) in [5.74, 6) is 2.89. The van der Waals surface area contributed by atoms with Crippen LogP contribution in [0.25, 0.3) is 0 Å². The van der Waals surface area contributed by atoms with E-state index >= 15 is 0 Å². The lowest BCUT2D eigenvalue weighted by atomic mass is 10.0. The minimum Gasteiger partial charge on any atom is -0.465 e. The number of H-pyrrole nitrogens is 1. The fraction of sp³-hybridized carbons (Fsp3) is 0.812. The number of carbonyl (C=O) groups excluding carboxylic acids is 2. The number of halogens is 19. The van der Waals surface area contributed by atoms with Gasteiger partial charge < -0.3 is 9.47 Å². The number of ether oxygens (including phenoxy) is 2. The number of nitrogens with one attached hydrogen (secondary N) is 1. The van der Waals surface area contributed by atoms with E-state index in [4.69, 9.17) is 104 Å². The van der Waals surface area contributed by atoms with Gasteiger partial charge >= 0.3 is 11.9 Å². The topological polar surface area (TPSA) is 107 Å². The van der Waals surface area contributed by atoms with Crippen LogP contribution in [0.1, 0.15) is 119 Å². The Morgan fingerprint density at radius 1 is 0.538 bits per heavy atom. The van der Waals surface area contributed by atoms with Gasteiger partial charge in [-0.3, -0.25) is 19.4 Å². The van der Waals surface area contributed by atoms with Crippen LogP contribution in [0.2, 0.25) is 0 Å². The van der Waals surface area contributed by atoms with Gasteiger partial charge in [0.15, 0.2) is 17.0 Å². The quantitative estimate of drug-likeness (QED) is 0.0444. The Labute approximate surface area is 391 Å². The van der Waals surface area contributed by atoms with Crippen LogP contribution >= 0.6 is 70.2 Å². The van der Waals surface area contributed by atoms with E-state index in [-0.39, 0.29) is 28.1 Å². The van der Waals surface area contributed by atoms with Crippen molar-refractivity contribution in [3.8, 4) is 0 Å². The molecule has 3 atom stereocenters. The van der Waals surface area contributed by atoms with E-state index in [1.54, 1.807) is 11.3 Å². The van der Waals surface area contributed by atoms with E-state index in [1.165, 1.54) is 79.1 Å². The third-order valence-corrected chi connectivity index (χ3v) is 13.1. The number of carbonyl (C=O) groups is 2. The third-order valence-electron chi connectivity index (χ3n) is 7.47. The van der Waals surface area contributed by atoms with Gasteiger partial charge in [0, 0.05) is 88.1 Å². The summed E-state index contributed by atoms with van der Waals surface area (Å²) < 4.78 is 158. The maximum atomic E-state index is 12.0. The van der Waals surface area contributed by atoms with Gasteiger partial charge in [-0.05, 0) is 49.2 Å². The van der Waals surface area contributed by atoms with Gasteiger partial charge in [0.25, 0.3) is 0 Å². The van der Waals surface area contributed by atoms with Crippen LogP contribution in [0.4, 0.5) is 87.0 Å². The average molecular weight is 1120 g/mol. The molecule has 0 saturated heterocycles. The summed E-state index contributed by atoms with van der Waals surface area (Å²) in [5.41, 5.74) is 0. The highest BCUT2D eigenvalue weighted by molar-refractivity contribution is 8.03. The lowest BCUT2D eigenvalue weighted by Gasteiger charge is -2.14. The zero-order valence-electron chi connectivity index (χ0n) is 35.9. The van der Waals surface area contributed by atoms with Crippen molar-refractivity contribution in [2.24, 2.45) is 17.8 Å². The Hall–Kier alpha value is -2.00. The fourth-order valence-corrected chi connectivity index (χ4v) is 9.20. The summed E-state index contributed by atoms with van der Waals surface area (Å²) in [4.78, 5) is 24.0. The maximum Gasteiger partial charge on any atom is 0.316 e. The predicted molar refractivity (Wildman–Crippen MR) is 224 cm³/mol. The van der Waals surface area contributed by atoms with Crippen molar-refractivity contribution < 1.29 is 106 Å². The maximum absolute atomic E-state index is 12.0. The van der Waals surface area contributed by atoms with Gasteiger partial charge in [-0.1, -0.05) is 157 Å². The molecule has 3 unspecified atom stereocenters. The van der Waals surface area contributed by atoms with E-state index in [1.807, 2.05) is 11.8 Å². The lowest BCUT2D eigenvalue weighted by Crippen LogP contribution is -2.15. The molecule has 0 aliphatic carbocycles. The highest BCUT2D eigenvalue weighted by Gasteiger charge is 2.15. The molecule has 2 rings (SSSR count). The molecule has 2 heterocycles. The first-order valence-corrected chi connectivity index (χ1v) is 23.1. The minimum absolute atomic E-state index is 0. The highest BCUT2D eigenvalue weighted by Crippen LogP contribution is 2.29. The van der Waals surface area contributed by atoms with Gasteiger partial charge in [-0.25, -0.2) is 0 Å². The molecule has 0 amide bonds. The molecular weight excluding hydrogens is 1060 g/mol. The molecule has 8 nitrogen and oxygen atoms in total. The monoisotopic (exact) mass is 1110 g/mol. The average Bonchev–Trinajstić information content (AvgIpc) is 4.04. The van der Waals surface area contributed by atoms with Crippen LogP contribution in [0, 0.1) is 21.7 Å². The minimum atomic E-state index is -0.221. The van der Waals surface area contributed by atoms with E-state index in [9.17, 15) is 9.59 Å². The zero-order chi connectivity index (χ0) is 52.0. The number of aromatic nitrogens is 4. The van der Waals surface area contributed by atoms with E-state index in [2.05, 4.69) is 61.9 Å². The summed E-state index contributed by atoms with van der Waals surface area (Å²) in [6.45, 7) is 14.1. The first kappa shape index (κ1) is 86.2. The Kier molecular flexibility index (Phi) is 109. The first-order chi connectivity index (χ1) is 31.3. The number of rotatable bonds is 25. The van der Waals surface area contributed by atoms with Gasteiger partial charge in [-0.15, -0.1) is 10.2 Å². The number of esters is 2. The number of hydrogen-bond acceptors (Lipinski definition) is 13. The summed E-state index contributed by atoms with van der Waals surface area (Å²) in [6.07, 6.45) is 14.2. The van der Waals surface area contributed by atoms with E-state index in [0.717, 1.165) is 52.7 Å². The molecule has 0 aliphatic rings. The van der Waals surface area contributed by atoms with Crippen LogP contribution in [-0.4, -0.2) is 62.8 Å². The second-order valence-corrected chi connectivity index (χ2v) is 17.6. The molecule has 0 spiro atoms. The van der Waals surface area contributed by atoms with Gasteiger partial charge in [0.1, 0.15) is 0 Å². The number of thioether (sulfide) groups is 3. The molecule has 0 aromatic carbocycles. The van der Waals surface area contributed by atoms with Crippen LogP contribution in [0.3, 0.4) is 0 Å². The Balaban J connectivity index is -0.0000000931.